The Hall–Kier alpha value is -2.90. The van der Waals surface area contributed by atoms with Crippen molar-refractivity contribution >= 4 is 24.4 Å². The molecule has 29 heavy (non-hydrogen) atoms. The number of ketones is 1. The Balaban J connectivity index is 2.14. The lowest BCUT2D eigenvalue weighted by molar-refractivity contribution is 0.103. The van der Waals surface area contributed by atoms with E-state index in [9.17, 15) is 14.2 Å². The molecular weight excluding hydrogens is 379 g/mol. The molecule has 4 heteroatoms. The van der Waals surface area contributed by atoms with Crippen LogP contribution in [0.4, 0.5) is 0 Å². The monoisotopic (exact) mass is 403 g/mol. The average Bonchev–Trinajstić information content (AvgIpc) is 2.67. The fourth-order valence-electron chi connectivity index (χ4n) is 3.93. The van der Waals surface area contributed by atoms with Gasteiger partial charge >= 0.3 is 13.3 Å². The first-order valence-electron chi connectivity index (χ1n) is 9.52. The maximum absolute atomic E-state index is 13.4. The van der Waals surface area contributed by atoms with Crippen molar-refractivity contribution in [2.24, 2.45) is 0 Å². The smallest absolute Gasteiger partial charge is 0.289 e. The molecule has 0 aromatic heterocycles. The van der Waals surface area contributed by atoms with Gasteiger partial charge < -0.3 is 0 Å². The topological polar surface area (TPSA) is 51.2 Å². The van der Waals surface area contributed by atoms with E-state index in [1.807, 2.05) is 70.2 Å². The summed E-state index contributed by atoms with van der Waals surface area (Å²) in [6.07, 6.45) is 0. The zero-order valence-corrected chi connectivity index (χ0v) is 18.3. The van der Waals surface area contributed by atoms with E-state index in [0.717, 1.165) is 22.3 Å². The summed E-state index contributed by atoms with van der Waals surface area (Å²) >= 11 is 0. The minimum absolute atomic E-state index is 0.121. The molecule has 0 saturated carbocycles. The van der Waals surface area contributed by atoms with Crippen LogP contribution in [0.15, 0.2) is 54.6 Å². The quantitative estimate of drug-likeness (QED) is 0.402. The van der Waals surface area contributed by atoms with E-state index in [1.165, 1.54) is 0 Å². The van der Waals surface area contributed by atoms with Crippen molar-refractivity contribution in [3.05, 3.63) is 99.1 Å². The fraction of sp³-hybridized carbons (Fsp3) is 0.200. The molecule has 3 aromatic carbocycles. The lowest BCUT2D eigenvalue weighted by Crippen LogP contribution is -2.19. The van der Waals surface area contributed by atoms with Crippen LogP contribution in [0.2, 0.25) is 0 Å². The third-order valence-electron chi connectivity index (χ3n) is 5.28. The Kier molecular flexibility index (Phi) is 5.91. The Morgan fingerprint density at radius 3 is 1.86 bits per heavy atom. The van der Waals surface area contributed by atoms with Gasteiger partial charge in [-0.05, 0) is 51.3 Å². The van der Waals surface area contributed by atoms with Crippen LogP contribution in [0.25, 0.3) is 0 Å². The molecule has 0 fully saturated rings. The van der Waals surface area contributed by atoms with Crippen LogP contribution in [-0.2, 0) is 4.57 Å². The van der Waals surface area contributed by atoms with E-state index in [0.29, 0.717) is 27.6 Å². The van der Waals surface area contributed by atoms with Gasteiger partial charge in [0.25, 0.3) is 0 Å². The molecule has 3 rings (SSSR count). The van der Waals surface area contributed by atoms with E-state index in [2.05, 4.69) is 0 Å². The number of benzene rings is 3. The first-order valence-corrected chi connectivity index (χ1v) is 10.8. The molecule has 1 atom stereocenters. The van der Waals surface area contributed by atoms with Crippen molar-refractivity contribution in [3.8, 4) is 0 Å². The standard InChI is InChI=1S/C25H24O3P/c1-15-10-9-11-16(2)21(15)25(27)29(28)24-18(4)14-17(3)22(19(24)5)23(26)20-12-7-6-8-13-20/h6-14H,1-5H3/q+1. The summed E-state index contributed by atoms with van der Waals surface area (Å²) in [5, 5.41) is 0.470. The maximum atomic E-state index is 13.4. The second-order valence-electron chi connectivity index (χ2n) is 7.42. The molecule has 0 saturated heterocycles. The van der Waals surface area contributed by atoms with Gasteiger partial charge in [0.15, 0.2) is 5.78 Å². The molecule has 0 aliphatic carbocycles. The van der Waals surface area contributed by atoms with E-state index in [4.69, 9.17) is 0 Å². The highest BCUT2D eigenvalue weighted by Gasteiger charge is 2.39. The Morgan fingerprint density at radius 2 is 1.28 bits per heavy atom. The van der Waals surface area contributed by atoms with Crippen molar-refractivity contribution in [1.82, 2.24) is 0 Å². The number of hydrogen-bond acceptors (Lipinski definition) is 3. The average molecular weight is 403 g/mol. The van der Waals surface area contributed by atoms with Gasteiger partial charge in [0.05, 0.1) is 5.56 Å². The van der Waals surface area contributed by atoms with E-state index >= 15 is 0 Å². The predicted octanol–water partition coefficient (Wildman–Crippen LogP) is 5.75. The van der Waals surface area contributed by atoms with Crippen LogP contribution in [0.3, 0.4) is 0 Å². The highest BCUT2D eigenvalue weighted by atomic mass is 31.1. The molecule has 0 radical (unpaired) electrons. The molecule has 3 nitrogen and oxygen atoms in total. The SMILES string of the molecule is Cc1cccc(C)c1C(=O)[P+](=O)c1c(C)cc(C)c(C(=O)c2ccccc2)c1C. The first kappa shape index (κ1) is 20.8. The minimum atomic E-state index is -2.35. The van der Waals surface area contributed by atoms with Crippen LogP contribution in [0.1, 0.15) is 54.1 Å². The summed E-state index contributed by atoms with van der Waals surface area (Å²) < 4.78 is 13.4. The van der Waals surface area contributed by atoms with Crippen LogP contribution >= 0.6 is 7.80 Å². The van der Waals surface area contributed by atoms with Crippen molar-refractivity contribution in [3.63, 3.8) is 0 Å². The highest BCUT2D eigenvalue weighted by molar-refractivity contribution is 7.71. The summed E-state index contributed by atoms with van der Waals surface area (Å²) in [6.45, 7) is 9.21. The molecular formula is C25H24O3P+. The molecule has 3 aromatic rings. The van der Waals surface area contributed by atoms with E-state index in [1.54, 1.807) is 19.1 Å². The van der Waals surface area contributed by atoms with Crippen molar-refractivity contribution in [1.29, 1.82) is 0 Å². The number of carbonyl (C=O) groups is 2. The third-order valence-corrected chi connectivity index (χ3v) is 6.96. The minimum Gasteiger partial charge on any atom is -0.289 e. The number of rotatable bonds is 5. The molecule has 0 amide bonds. The van der Waals surface area contributed by atoms with Crippen LogP contribution in [0, 0.1) is 34.6 Å². The van der Waals surface area contributed by atoms with Crippen LogP contribution in [-0.4, -0.2) is 11.3 Å². The normalized spacial score (nSPS) is 11.3. The second kappa shape index (κ2) is 8.23. The number of aryl methyl sites for hydroxylation is 4. The van der Waals surface area contributed by atoms with Gasteiger partial charge in [-0.3, -0.25) is 4.79 Å². The molecule has 1 unspecified atom stereocenters. The number of hydrogen-bond donors (Lipinski definition) is 0. The highest BCUT2D eigenvalue weighted by Crippen LogP contribution is 2.34. The molecule has 146 valence electrons. The van der Waals surface area contributed by atoms with Gasteiger partial charge in [0.2, 0.25) is 5.30 Å². The molecule has 0 aliphatic rings. The zero-order valence-electron chi connectivity index (χ0n) is 17.4. The van der Waals surface area contributed by atoms with Crippen LogP contribution in [0.5, 0.6) is 0 Å². The molecule has 0 heterocycles. The van der Waals surface area contributed by atoms with Gasteiger partial charge in [-0.25, -0.2) is 4.79 Å². The van der Waals surface area contributed by atoms with Gasteiger partial charge in [0.1, 0.15) is 0 Å². The summed E-state index contributed by atoms with van der Waals surface area (Å²) in [7, 11) is -2.35. The molecule has 0 N–H and O–H groups in total. The van der Waals surface area contributed by atoms with E-state index in [-0.39, 0.29) is 11.3 Å². The largest absolute Gasteiger partial charge is 0.459 e. The Labute approximate surface area is 172 Å². The Bertz CT molecular complexity index is 1120. The zero-order chi connectivity index (χ0) is 21.3. The Morgan fingerprint density at radius 1 is 0.690 bits per heavy atom. The van der Waals surface area contributed by atoms with Gasteiger partial charge in [-0.2, -0.15) is 0 Å². The van der Waals surface area contributed by atoms with Crippen molar-refractivity contribution < 1.29 is 14.2 Å². The van der Waals surface area contributed by atoms with Crippen LogP contribution < -0.4 is 5.30 Å². The summed E-state index contributed by atoms with van der Waals surface area (Å²) in [6, 6.07) is 16.5. The summed E-state index contributed by atoms with van der Waals surface area (Å²) in [5.74, 6) is -0.121. The van der Waals surface area contributed by atoms with Gasteiger partial charge in [-0.15, -0.1) is 0 Å². The fourth-order valence-corrected chi connectivity index (χ4v) is 5.49. The second-order valence-corrected chi connectivity index (χ2v) is 8.86. The lowest BCUT2D eigenvalue weighted by Gasteiger charge is -2.12. The molecule has 0 spiro atoms. The predicted molar refractivity (Wildman–Crippen MR) is 118 cm³/mol. The summed E-state index contributed by atoms with van der Waals surface area (Å²) in [5.41, 5.74) is 5.04. The maximum Gasteiger partial charge on any atom is 0.459 e. The summed E-state index contributed by atoms with van der Waals surface area (Å²) in [4.78, 5) is 26.3. The van der Waals surface area contributed by atoms with Crippen molar-refractivity contribution in [2.75, 3.05) is 0 Å². The van der Waals surface area contributed by atoms with Gasteiger partial charge in [0, 0.05) is 22.3 Å². The lowest BCUT2D eigenvalue weighted by atomic mass is 9.93. The van der Waals surface area contributed by atoms with Crippen molar-refractivity contribution in [2.45, 2.75) is 34.6 Å². The first-order chi connectivity index (χ1) is 13.7. The molecule has 0 bridgehead atoms. The number of carbonyl (C=O) groups excluding carboxylic acids is 2. The van der Waals surface area contributed by atoms with Gasteiger partial charge in [-0.1, -0.05) is 59.2 Å². The van der Waals surface area contributed by atoms with E-state index < -0.39 is 7.80 Å². The molecule has 0 aliphatic heterocycles. The third kappa shape index (κ3) is 3.83.